The van der Waals surface area contributed by atoms with Gasteiger partial charge in [0.15, 0.2) is 0 Å². The molecule has 0 heterocycles. The Morgan fingerprint density at radius 2 is 0.557 bits per heavy atom. The summed E-state index contributed by atoms with van der Waals surface area (Å²) < 4.78 is 0. The number of hydrogen-bond acceptors (Lipinski definition) is 0. The minimum absolute atomic E-state index is 0. The van der Waals surface area contributed by atoms with Crippen LogP contribution in [0.25, 0.3) is 0 Å². The van der Waals surface area contributed by atoms with Gasteiger partial charge in [-0.15, -0.1) is 0 Å². The van der Waals surface area contributed by atoms with Gasteiger partial charge < -0.3 is 66.8 Å². The molecule has 0 fully saturated rings. The summed E-state index contributed by atoms with van der Waals surface area (Å²) >= 11 is 0. The van der Waals surface area contributed by atoms with E-state index in [0.29, 0.717) is 23.7 Å². The Bertz CT molecular complexity index is 1250. The number of allylic oxidation sites excluding steroid dienone is 12. The van der Waals surface area contributed by atoms with E-state index in [0.717, 1.165) is 19.3 Å². The second kappa shape index (κ2) is 58.0. The van der Waals surface area contributed by atoms with Gasteiger partial charge in [0.2, 0.25) is 0 Å². The topological polar surface area (TPSA) is 0 Å². The first-order valence-corrected chi connectivity index (χ1v) is 18.6. The van der Waals surface area contributed by atoms with Gasteiger partial charge in [-0.3, -0.25) is 0 Å². The van der Waals surface area contributed by atoms with E-state index in [1.54, 1.807) is 0 Å². The second-order valence-corrected chi connectivity index (χ2v) is 14.0. The van der Waals surface area contributed by atoms with Gasteiger partial charge in [-0.2, -0.15) is 0 Å². The molecule has 0 aromatic heterocycles. The summed E-state index contributed by atoms with van der Waals surface area (Å²) in [6.45, 7) is 21.8. The number of hydrogen-bond donors (Lipinski definition) is 0. The normalized spacial score (nSPS) is 11.2. The van der Waals surface area contributed by atoms with Crippen LogP contribution in [0.1, 0.15) is 132 Å². The molecular weight excluding hydrogens is 1000 g/mol. The molecule has 0 saturated heterocycles. The molecule has 0 bridgehead atoms. The van der Waals surface area contributed by atoms with Crippen LogP contribution in [0.2, 0.25) is 0 Å². The van der Waals surface area contributed by atoms with Crippen molar-refractivity contribution >= 4 is 0 Å². The Balaban J connectivity index is -0.0000000459. The van der Waals surface area contributed by atoms with Gasteiger partial charge in [-0.05, 0) is 93.2 Å². The fourth-order valence-electron chi connectivity index (χ4n) is 4.67. The maximum absolute atomic E-state index is 2.22. The second-order valence-electron chi connectivity index (χ2n) is 14.0. The molecule has 3 aliphatic carbocycles. The fraction of sp³-hybridized carbons (Fsp3) is 0.328. The van der Waals surface area contributed by atoms with Crippen LogP contribution in [0.3, 0.4) is 0 Å². The van der Waals surface area contributed by atoms with Crippen LogP contribution < -0.4 is 0 Å². The van der Waals surface area contributed by atoms with Crippen molar-refractivity contribution in [3.05, 3.63) is 246 Å². The molecule has 0 N–H and O–H groups in total. The number of rotatable bonds is 3. The SMILES string of the molecule is C1=CCC=CC1.C1=CCCC=C1.CC1C=CCC=C1.Cc1ccc(C(C)C)cc1.Cc1ccc(C(C)C)cc1.Cc1ccc(C(C)C)cc1.[CH3-].[CH3-].[CH3-].[CH3-].[CH3-].[CH3-].[CH3-].[CH3-].[CH3-].[Ru+3].[Ru+3].[Ru+3]. The summed E-state index contributed by atoms with van der Waals surface area (Å²) in [4.78, 5) is 0. The van der Waals surface area contributed by atoms with E-state index < -0.39 is 0 Å². The van der Waals surface area contributed by atoms with Gasteiger partial charge in [0.05, 0.1) is 0 Å². The van der Waals surface area contributed by atoms with Crippen LogP contribution in [-0.2, 0) is 58.4 Å². The van der Waals surface area contributed by atoms with Gasteiger partial charge in [-0.1, -0.05) is 211 Å². The molecule has 6 rings (SSSR count). The maximum Gasteiger partial charge on any atom is 3.00 e. The van der Waals surface area contributed by atoms with Crippen LogP contribution in [0.4, 0.5) is 0 Å². The number of aryl methyl sites for hydroxylation is 3. The van der Waals surface area contributed by atoms with Gasteiger partial charge in [-0.25, -0.2) is 0 Å². The molecule has 3 heteroatoms. The third-order valence-electron chi connectivity index (χ3n) is 8.14. The molecular formula is C58H95Ru3. The Labute approximate surface area is 426 Å². The average molecular weight is 1100 g/mol. The molecule has 3 radical (unpaired) electrons. The summed E-state index contributed by atoms with van der Waals surface area (Å²) in [5.74, 6) is 2.63. The van der Waals surface area contributed by atoms with Crippen molar-refractivity contribution in [3.63, 3.8) is 0 Å². The van der Waals surface area contributed by atoms with E-state index in [9.17, 15) is 0 Å². The van der Waals surface area contributed by atoms with Crippen molar-refractivity contribution in [2.45, 2.75) is 119 Å². The standard InChI is InChI=1S/3C10H14.C7H10.2C6H8.9CH3.3Ru/c3*1-8(2)10-6-4-9(3)5-7-10;1-7-5-3-2-4-6-7;2*1-2-4-6-5-3-1;;;;;;;;;;;;/h3*4-8H,1-3H3;3-7H,2H2,1H3;1-2,5-6H,3-4H2;1-4H,5-6H2;9*1H3;;;/q;;;;;;9*-1;3*+3. The zero-order valence-corrected chi connectivity index (χ0v) is 48.0. The first-order valence-electron chi connectivity index (χ1n) is 18.6. The average Bonchev–Trinajstić information content (AvgIpc) is 3.12. The van der Waals surface area contributed by atoms with Crippen molar-refractivity contribution in [2.24, 2.45) is 5.92 Å². The van der Waals surface area contributed by atoms with Crippen LogP contribution >= 0.6 is 0 Å². The largest absolute Gasteiger partial charge is 3.00 e. The molecule has 0 spiro atoms. The van der Waals surface area contributed by atoms with Crippen LogP contribution in [-0.4, -0.2) is 0 Å². The van der Waals surface area contributed by atoms with E-state index >= 15 is 0 Å². The van der Waals surface area contributed by atoms with E-state index in [1.165, 1.54) is 46.2 Å². The minimum Gasteiger partial charge on any atom is -0.358 e. The molecule has 0 unspecified atom stereocenters. The smallest absolute Gasteiger partial charge is 0.358 e. The van der Waals surface area contributed by atoms with Crippen LogP contribution in [0.5, 0.6) is 0 Å². The summed E-state index contributed by atoms with van der Waals surface area (Å²) in [7, 11) is 0. The van der Waals surface area contributed by atoms with Crippen molar-refractivity contribution in [1.82, 2.24) is 0 Å². The third-order valence-corrected chi connectivity index (χ3v) is 8.14. The first-order chi connectivity index (χ1) is 23.5. The monoisotopic (exact) mass is 1100 g/mol. The summed E-state index contributed by atoms with van der Waals surface area (Å²) in [5.41, 5.74) is 8.28. The van der Waals surface area contributed by atoms with Gasteiger partial charge in [0.1, 0.15) is 0 Å². The molecule has 3 aromatic rings. The van der Waals surface area contributed by atoms with Gasteiger partial charge in [0.25, 0.3) is 0 Å². The Hall–Kier alpha value is -2.03. The predicted molar refractivity (Wildman–Crippen MR) is 281 cm³/mol. The zero-order valence-electron chi connectivity index (χ0n) is 42.8. The van der Waals surface area contributed by atoms with Crippen molar-refractivity contribution in [3.8, 4) is 0 Å². The molecule has 3 aliphatic rings. The Morgan fingerprint density at radius 3 is 0.689 bits per heavy atom. The molecule has 61 heavy (non-hydrogen) atoms. The fourth-order valence-corrected chi connectivity index (χ4v) is 4.67. The maximum atomic E-state index is 2.22. The molecule has 351 valence electrons. The van der Waals surface area contributed by atoms with Crippen molar-refractivity contribution in [2.75, 3.05) is 0 Å². The summed E-state index contributed by atoms with van der Waals surface area (Å²) in [5, 5.41) is 0. The third kappa shape index (κ3) is 50.5. The first kappa shape index (κ1) is 89.8. The molecule has 0 atom stereocenters. The van der Waals surface area contributed by atoms with E-state index in [4.69, 9.17) is 0 Å². The Morgan fingerprint density at radius 1 is 0.344 bits per heavy atom. The van der Waals surface area contributed by atoms with Gasteiger partial charge in [0, 0.05) is 0 Å². The summed E-state index contributed by atoms with van der Waals surface area (Å²) in [6.07, 6.45) is 32.0. The molecule has 0 nitrogen and oxygen atoms in total. The molecule has 3 aromatic carbocycles. The Kier molecular flexibility index (Phi) is 85.4. The van der Waals surface area contributed by atoms with E-state index in [1.807, 2.05) is 0 Å². The molecule has 0 saturated carbocycles. The van der Waals surface area contributed by atoms with E-state index in [2.05, 4.69) is 215 Å². The van der Waals surface area contributed by atoms with Crippen LogP contribution in [0, 0.1) is 93.5 Å². The minimum atomic E-state index is 0. The van der Waals surface area contributed by atoms with Crippen molar-refractivity contribution < 1.29 is 58.4 Å². The predicted octanol–water partition coefficient (Wildman–Crippen LogP) is 19.3. The molecule has 0 amide bonds. The van der Waals surface area contributed by atoms with E-state index in [-0.39, 0.29) is 125 Å². The zero-order chi connectivity index (χ0) is 36.3. The van der Waals surface area contributed by atoms with Crippen LogP contribution in [0.15, 0.2) is 146 Å². The molecule has 0 aliphatic heterocycles. The van der Waals surface area contributed by atoms with Gasteiger partial charge >= 0.3 is 58.4 Å². The quantitative estimate of drug-likeness (QED) is 0.139. The van der Waals surface area contributed by atoms with Crippen molar-refractivity contribution in [1.29, 1.82) is 0 Å². The number of benzene rings is 3. The summed E-state index contributed by atoms with van der Waals surface area (Å²) in [6, 6.07) is 26.1.